The zero-order valence-electron chi connectivity index (χ0n) is 11.0. The van der Waals surface area contributed by atoms with Crippen LogP contribution in [0.3, 0.4) is 0 Å². The summed E-state index contributed by atoms with van der Waals surface area (Å²) in [6.45, 7) is 2.02. The summed E-state index contributed by atoms with van der Waals surface area (Å²) in [6, 6.07) is 8.75. The number of anilines is 3. The first-order chi connectivity index (χ1) is 9.60. The standard InChI is InChI=1S/C12H16N6OS/c1-2-20-11-7-10(16-12(14)17-11)19-18(15)9-6-4-3-5-8(9)13/h3-7H,2,13,15H2,1H3,(H2,14,16,17). The van der Waals surface area contributed by atoms with Gasteiger partial charge in [0.05, 0.1) is 5.69 Å². The number of para-hydroxylation sites is 2. The number of benzene rings is 1. The van der Waals surface area contributed by atoms with Crippen molar-refractivity contribution < 1.29 is 4.84 Å². The molecule has 0 atom stereocenters. The van der Waals surface area contributed by atoms with E-state index >= 15 is 0 Å². The molecule has 1 aromatic heterocycles. The van der Waals surface area contributed by atoms with Crippen LogP contribution in [0.5, 0.6) is 5.88 Å². The lowest BCUT2D eigenvalue weighted by Gasteiger charge is -2.19. The van der Waals surface area contributed by atoms with E-state index in [-0.39, 0.29) is 11.8 Å². The Labute approximate surface area is 121 Å². The van der Waals surface area contributed by atoms with E-state index in [4.69, 9.17) is 22.1 Å². The quantitative estimate of drug-likeness (QED) is 0.249. The van der Waals surface area contributed by atoms with Gasteiger partial charge in [0.25, 0.3) is 5.88 Å². The Balaban J connectivity index is 2.19. The molecule has 0 aliphatic rings. The van der Waals surface area contributed by atoms with Gasteiger partial charge in [-0.15, -0.1) is 16.9 Å². The van der Waals surface area contributed by atoms with E-state index in [0.29, 0.717) is 11.4 Å². The molecule has 2 aromatic rings. The maximum Gasteiger partial charge on any atom is 0.253 e. The van der Waals surface area contributed by atoms with E-state index in [1.807, 2.05) is 19.1 Å². The van der Waals surface area contributed by atoms with Gasteiger partial charge in [0.1, 0.15) is 10.7 Å². The molecule has 0 fully saturated rings. The van der Waals surface area contributed by atoms with E-state index in [2.05, 4.69) is 9.97 Å². The van der Waals surface area contributed by atoms with Crippen LogP contribution >= 0.6 is 11.8 Å². The molecule has 7 nitrogen and oxygen atoms in total. The van der Waals surface area contributed by atoms with E-state index in [1.165, 1.54) is 11.8 Å². The molecule has 6 N–H and O–H groups in total. The Bertz CT molecular complexity index is 594. The SMILES string of the molecule is CCSc1cc(ON(N)c2ccccc2N)nc(N)n1. The molecular weight excluding hydrogens is 276 g/mol. The molecule has 0 spiro atoms. The van der Waals surface area contributed by atoms with Crippen LogP contribution in [0.15, 0.2) is 35.4 Å². The van der Waals surface area contributed by atoms with Gasteiger partial charge in [-0.3, -0.25) is 0 Å². The normalized spacial score (nSPS) is 10.3. The van der Waals surface area contributed by atoms with Gasteiger partial charge >= 0.3 is 0 Å². The molecule has 8 heteroatoms. The Morgan fingerprint density at radius 1 is 1.25 bits per heavy atom. The van der Waals surface area contributed by atoms with Gasteiger partial charge in [0.15, 0.2) is 0 Å². The zero-order valence-corrected chi connectivity index (χ0v) is 11.8. The Kier molecular flexibility index (Phi) is 4.49. The molecule has 0 aliphatic carbocycles. The number of thioether (sulfide) groups is 1. The first kappa shape index (κ1) is 14.2. The topological polar surface area (TPSA) is 116 Å². The zero-order chi connectivity index (χ0) is 14.5. The summed E-state index contributed by atoms with van der Waals surface area (Å²) in [5.74, 6) is 7.09. The van der Waals surface area contributed by atoms with Crippen LogP contribution < -0.4 is 27.3 Å². The fraction of sp³-hybridized carbons (Fsp3) is 0.167. The minimum Gasteiger partial charge on any atom is -0.397 e. The second-order valence-corrected chi connectivity index (χ2v) is 5.10. The molecule has 0 saturated carbocycles. The van der Waals surface area contributed by atoms with Gasteiger partial charge in [0, 0.05) is 6.07 Å². The average molecular weight is 292 g/mol. The van der Waals surface area contributed by atoms with Crippen molar-refractivity contribution in [2.45, 2.75) is 11.9 Å². The number of nitrogens with two attached hydrogens (primary N) is 3. The predicted octanol–water partition coefficient (Wildman–Crippen LogP) is 1.43. The summed E-state index contributed by atoms with van der Waals surface area (Å²) < 4.78 is 0. The fourth-order valence-corrected chi connectivity index (χ4v) is 2.17. The van der Waals surface area contributed by atoms with Crippen molar-refractivity contribution in [1.29, 1.82) is 0 Å². The summed E-state index contributed by atoms with van der Waals surface area (Å²) in [4.78, 5) is 13.5. The third kappa shape index (κ3) is 3.43. The Hall–Kier alpha value is -2.19. The second-order valence-electron chi connectivity index (χ2n) is 3.81. The molecule has 2 rings (SSSR count). The number of nitrogens with zero attached hydrogens (tertiary/aromatic N) is 3. The highest BCUT2D eigenvalue weighted by Gasteiger charge is 2.10. The summed E-state index contributed by atoms with van der Waals surface area (Å²) in [7, 11) is 0. The highest BCUT2D eigenvalue weighted by atomic mass is 32.2. The summed E-state index contributed by atoms with van der Waals surface area (Å²) >= 11 is 1.53. The third-order valence-electron chi connectivity index (χ3n) is 2.35. The monoisotopic (exact) mass is 292 g/mol. The number of hydrogen-bond donors (Lipinski definition) is 3. The first-order valence-corrected chi connectivity index (χ1v) is 6.93. The average Bonchev–Trinajstić information content (AvgIpc) is 2.38. The van der Waals surface area contributed by atoms with Gasteiger partial charge < -0.3 is 16.3 Å². The second kappa shape index (κ2) is 6.31. The van der Waals surface area contributed by atoms with Crippen LogP contribution in [0.4, 0.5) is 17.3 Å². The van der Waals surface area contributed by atoms with E-state index in [1.54, 1.807) is 18.2 Å². The minimum atomic E-state index is 0.132. The smallest absolute Gasteiger partial charge is 0.253 e. The largest absolute Gasteiger partial charge is 0.397 e. The number of aromatic nitrogens is 2. The predicted molar refractivity (Wildman–Crippen MR) is 81.0 cm³/mol. The van der Waals surface area contributed by atoms with Crippen molar-refractivity contribution in [2.75, 3.05) is 22.4 Å². The van der Waals surface area contributed by atoms with Crippen molar-refractivity contribution in [3.8, 4) is 5.88 Å². The lowest BCUT2D eigenvalue weighted by Crippen LogP contribution is -2.35. The van der Waals surface area contributed by atoms with Crippen LogP contribution in [0.2, 0.25) is 0 Å². The van der Waals surface area contributed by atoms with Gasteiger partial charge in [-0.2, -0.15) is 4.98 Å². The Morgan fingerprint density at radius 3 is 2.70 bits per heavy atom. The van der Waals surface area contributed by atoms with Gasteiger partial charge in [0.2, 0.25) is 5.95 Å². The molecule has 0 radical (unpaired) electrons. The highest BCUT2D eigenvalue weighted by Crippen LogP contribution is 2.24. The van der Waals surface area contributed by atoms with E-state index < -0.39 is 0 Å². The van der Waals surface area contributed by atoms with E-state index in [9.17, 15) is 0 Å². The van der Waals surface area contributed by atoms with Crippen LogP contribution in [-0.4, -0.2) is 15.7 Å². The van der Waals surface area contributed by atoms with Crippen molar-refractivity contribution in [3.05, 3.63) is 30.3 Å². The molecule has 0 bridgehead atoms. The molecule has 1 aromatic carbocycles. The summed E-state index contributed by atoms with van der Waals surface area (Å²) in [5.41, 5.74) is 12.5. The molecule has 0 amide bonds. The molecule has 20 heavy (non-hydrogen) atoms. The lowest BCUT2D eigenvalue weighted by molar-refractivity contribution is 0.271. The van der Waals surface area contributed by atoms with Gasteiger partial charge in [-0.25, -0.2) is 10.8 Å². The highest BCUT2D eigenvalue weighted by molar-refractivity contribution is 7.99. The Morgan fingerprint density at radius 2 is 2.00 bits per heavy atom. The summed E-state index contributed by atoms with van der Waals surface area (Å²) in [5, 5.41) is 1.78. The molecule has 0 aliphatic heterocycles. The number of hydrazine groups is 1. The molecular formula is C12H16N6OS. The lowest BCUT2D eigenvalue weighted by atomic mass is 10.3. The number of hydrogen-bond acceptors (Lipinski definition) is 8. The van der Waals surface area contributed by atoms with Crippen molar-refractivity contribution in [3.63, 3.8) is 0 Å². The minimum absolute atomic E-state index is 0.132. The molecule has 106 valence electrons. The van der Waals surface area contributed by atoms with Crippen LogP contribution in [0.25, 0.3) is 0 Å². The third-order valence-corrected chi connectivity index (χ3v) is 3.15. The maximum absolute atomic E-state index is 5.83. The molecule has 0 saturated heterocycles. The van der Waals surface area contributed by atoms with Crippen molar-refractivity contribution in [2.24, 2.45) is 5.84 Å². The van der Waals surface area contributed by atoms with Crippen LogP contribution in [0, 0.1) is 0 Å². The van der Waals surface area contributed by atoms with Crippen molar-refractivity contribution in [1.82, 2.24) is 9.97 Å². The number of nitrogen functional groups attached to an aromatic ring is 2. The number of rotatable bonds is 5. The van der Waals surface area contributed by atoms with Gasteiger partial charge in [-0.05, 0) is 17.9 Å². The summed E-state index contributed by atoms with van der Waals surface area (Å²) in [6.07, 6.45) is 0. The first-order valence-electron chi connectivity index (χ1n) is 5.94. The van der Waals surface area contributed by atoms with Gasteiger partial charge in [-0.1, -0.05) is 19.1 Å². The van der Waals surface area contributed by atoms with Crippen LogP contribution in [-0.2, 0) is 0 Å². The molecule has 1 heterocycles. The fourth-order valence-electron chi connectivity index (χ4n) is 1.53. The maximum atomic E-state index is 5.83. The molecule has 0 unspecified atom stereocenters. The van der Waals surface area contributed by atoms with Crippen molar-refractivity contribution >= 4 is 29.1 Å². The van der Waals surface area contributed by atoms with Crippen LogP contribution in [0.1, 0.15) is 6.92 Å². The van der Waals surface area contributed by atoms with E-state index in [0.717, 1.165) is 16.0 Å².